The maximum Gasteiger partial charge on any atom is 0.265 e. The molecule has 110 valence electrons. The molecule has 0 bridgehead atoms. The first kappa shape index (κ1) is 14.1. The van der Waals surface area contributed by atoms with Gasteiger partial charge in [-0.2, -0.15) is 0 Å². The monoisotopic (exact) mass is 303 g/mol. The second kappa shape index (κ2) is 6.28. The molecule has 0 N–H and O–H groups in total. The van der Waals surface area contributed by atoms with E-state index in [1.807, 2.05) is 4.90 Å². The van der Waals surface area contributed by atoms with Crippen molar-refractivity contribution < 1.29 is 4.79 Å². The third-order valence-corrected chi connectivity index (χ3v) is 4.56. The third kappa shape index (κ3) is 3.08. The van der Waals surface area contributed by atoms with Crippen LogP contribution in [0.3, 0.4) is 0 Å². The Bertz CT molecular complexity index is 607. The fraction of sp³-hybridized carbons (Fsp3) is 0.429. The van der Waals surface area contributed by atoms with Gasteiger partial charge in [0.15, 0.2) is 10.8 Å². The zero-order valence-corrected chi connectivity index (χ0v) is 12.7. The van der Waals surface area contributed by atoms with Crippen molar-refractivity contribution in [2.45, 2.75) is 6.92 Å². The number of amides is 1. The number of aromatic nitrogens is 3. The molecular formula is C14H17N5OS. The van der Waals surface area contributed by atoms with Gasteiger partial charge in [0, 0.05) is 38.6 Å². The van der Waals surface area contributed by atoms with Crippen LogP contribution in [-0.4, -0.2) is 63.4 Å². The predicted octanol–water partition coefficient (Wildman–Crippen LogP) is 1.38. The summed E-state index contributed by atoms with van der Waals surface area (Å²) in [5, 5.41) is 0.686. The van der Waals surface area contributed by atoms with E-state index < -0.39 is 0 Å². The Morgan fingerprint density at radius 2 is 1.90 bits per heavy atom. The smallest absolute Gasteiger partial charge is 0.265 e. The topological polar surface area (TPSA) is 62.2 Å². The average Bonchev–Trinajstić information content (AvgIpc) is 3.05. The van der Waals surface area contributed by atoms with E-state index in [0.29, 0.717) is 15.7 Å². The van der Waals surface area contributed by atoms with Crippen LogP contribution in [0.2, 0.25) is 0 Å². The highest BCUT2D eigenvalue weighted by molar-refractivity contribution is 7.16. The Morgan fingerprint density at radius 3 is 2.57 bits per heavy atom. The fourth-order valence-corrected chi connectivity index (χ4v) is 3.14. The van der Waals surface area contributed by atoms with Crippen LogP contribution in [0, 0.1) is 0 Å². The van der Waals surface area contributed by atoms with Gasteiger partial charge in [0.25, 0.3) is 5.91 Å². The minimum Gasteiger partial charge on any atom is -0.335 e. The minimum absolute atomic E-state index is 0.0606. The number of nitrogens with zero attached hydrogens (tertiary/aromatic N) is 5. The molecule has 0 saturated carbocycles. The molecule has 1 saturated heterocycles. The SMILES string of the molecule is CCN1CCN(C(=O)c2cnc(-c3ncccn3)s2)CC1. The van der Waals surface area contributed by atoms with Crippen molar-refractivity contribution >= 4 is 17.2 Å². The number of hydrogen-bond acceptors (Lipinski definition) is 6. The van der Waals surface area contributed by atoms with Gasteiger partial charge in [-0.1, -0.05) is 6.92 Å². The molecule has 0 spiro atoms. The molecule has 1 aliphatic rings. The Labute approximate surface area is 127 Å². The van der Waals surface area contributed by atoms with Crippen LogP contribution in [0.1, 0.15) is 16.6 Å². The van der Waals surface area contributed by atoms with Crippen molar-refractivity contribution in [3.63, 3.8) is 0 Å². The van der Waals surface area contributed by atoms with E-state index in [1.54, 1.807) is 24.7 Å². The summed E-state index contributed by atoms with van der Waals surface area (Å²) in [7, 11) is 0. The van der Waals surface area contributed by atoms with Gasteiger partial charge in [-0.3, -0.25) is 4.79 Å². The van der Waals surface area contributed by atoms with Crippen molar-refractivity contribution in [3.05, 3.63) is 29.5 Å². The van der Waals surface area contributed by atoms with Gasteiger partial charge >= 0.3 is 0 Å². The molecule has 1 amide bonds. The van der Waals surface area contributed by atoms with Crippen molar-refractivity contribution in [1.82, 2.24) is 24.8 Å². The highest BCUT2D eigenvalue weighted by atomic mass is 32.1. The van der Waals surface area contributed by atoms with Gasteiger partial charge in [-0.05, 0) is 12.6 Å². The van der Waals surface area contributed by atoms with Crippen molar-refractivity contribution in [2.75, 3.05) is 32.7 Å². The Kier molecular flexibility index (Phi) is 4.21. The lowest BCUT2D eigenvalue weighted by molar-refractivity contribution is 0.0648. The molecule has 1 fully saturated rings. The largest absolute Gasteiger partial charge is 0.335 e. The standard InChI is InChI=1S/C14H17N5OS/c1-2-18-6-8-19(9-7-18)14(20)11-10-17-13(21-11)12-15-4-3-5-16-12/h3-5,10H,2,6-9H2,1H3. The Morgan fingerprint density at radius 1 is 1.19 bits per heavy atom. The van der Waals surface area contributed by atoms with E-state index in [2.05, 4.69) is 26.8 Å². The molecule has 3 rings (SSSR count). The van der Waals surface area contributed by atoms with Crippen LogP contribution in [-0.2, 0) is 0 Å². The quantitative estimate of drug-likeness (QED) is 0.857. The number of carbonyl (C=O) groups is 1. The van der Waals surface area contributed by atoms with Crippen LogP contribution in [0.4, 0.5) is 0 Å². The third-order valence-electron chi connectivity index (χ3n) is 3.58. The molecule has 0 aliphatic carbocycles. The van der Waals surface area contributed by atoms with Crippen molar-refractivity contribution in [1.29, 1.82) is 0 Å². The number of rotatable bonds is 3. The first-order valence-corrected chi connectivity index (χ1v) is 7.84. The number of hydrogen-bond donors (Lipinski definition) is 0. The molecule has 0 unspecified atom stereocenters. The summed E-state index contributed by atoms with van der Waals surface area (Å²) in [4.78, 5) is 30.0. The molecule has 1 aliphatic heterocycles. The highest BCUT2D eigenvalue weighted by Gasteiger charge is 2.23. The summed E-state index contributed by atoms with van der Waals surface area (Å²) < 4.78 is 0. The second-order valence-electron chi connectivity index (χ2n) is 4.83. The van der Waals surface area contributed by atoms with Crippen LogP contribution < -0.4 is 0 Å². The average molecular weight is 303 g/mol. The highest BCUT2D eigenvalue weighted by Crippen LogP contribution is 2.23. The maximum absolute atomic E-state index is 12.5. The number of likely N-dealkylation sites (N-methyl/N-ethyl adjacent to an activating group) is 1. The van der Waals surface area contributed by atoms with Gasteiger partial charge < -0.3 is 9.80 Å². The molecule has 2 aromatic heterocycles. The van der Waals surface area contributed by atoms with E-state index in [1.165, 1.54) is 11.3 Å². The Hall–Kier alpha value is -1.86. The molecule has 0 aromatic carbocycles. The fourth-order valence-electron chi connectivity index (χ4n) is 2.31. The summed E-state index contributed by atoms with van der Waals surface area (Å²) in [6.45, 7) is 6.62. The lowest BCUT2D eigenvalue weighted by atomic mass is 10.3. The van der Waals surface area contributed by atoms with Gasteiger partial charge in [-0.15, -0.1) is 11.3 Å². The molecule has 0 atom stereocenters. The summed E-state index contributed by atoms with van der Waals surface area (Å²) >= 11 is 1.35. The van der Waals surface area contributed by atoms with E-state index >= 15 is 0 Å². The predicted molar refractivity (Wildman–Crippen MR) is 81.2 cm³/mol. The molecule has 6 nitrogen and oxygen atoms in total. The van der Waals surface area contributed by atoms with Crippen molar-refractivity contribution in [2.24, 2.45) is 0 Å². The summed E-state index contributed by atoms with van der Waals surface area (Å²) in [5.74, 6) is 0.628. The first-order chi connectivity index (χ1) is 10.3. The molecule has 2 aromatic rings. The molecule has 0 radical (unpaired) electrons. The normalized spacial score (nSPS) is 16.1. The van der Waals surface area contributed by atoms with E-state index in [9.17, 15) is 4.79 Å². The van der Waals surface area contributed by atoms with Gasteiger partial charge in [0.1, 0.15) is 4.88 Å². The summed E-state index contributed by atoms with van der Waals surface area (Å²) in [5.41, 5.74) is 0. The molecule has 3 heterocycles. The lowest BCUT2D eigenvalue weighted by Crippen LogP contribution is -2.48. The van der Waals surface area contributed by atoms with Gasteiger partial charge in [0.2, 0.25) is 0 Å². The minimum atomic E-state index is 0.0606. The van der Waals surface area contributed by atoms with E-state index in [4.69, 9.17) is 0 Å². The number of piperazine rings is 1. The van der Waals surface area contributed by atoms with E-state index in [0.717, 1.165) is 32.7 Å². The Balaban J connectivity index is 1.70. The zero-order chi connectivity index (χ0) is 14.7. The number of carbonyl (C=O) groups excluding carboxylic acids is 1. The van der Waals surface area contributed by atoms with E-state index in [-0.39, 0.29) is 5.91 Å². The summed E-state index contributed by atoms with van der Waals surface area (Å²) in [6.07, 6.45) is 4.98. The van der Waals surface area contributed by atoms with Crippen molar-refractivity contribution in [3.8, 4) is 10.8 Å². The first-order valence-electron chi connectivity index (χ1n) is 7.02. The molecular weight excluding hydrogens is 286 g/mol. The molecule has 21 heavy (non-hydrogen) atoms. The number of thiazole rings is 1. The van der Waals surface area contributed by atoms with Gasteiger partial charge in [0.05, 0.1) is 6.20 Å². The second-order valence-corrected chi connectivity index (χ2v) is 5.86. The van der Waals surface area contributed by atoms with Crippen LogP contribution in [0.15, 0.2) is 24.7 Å². The maximum atomic E-state index is 12.5. The van der Waals surface area contributed by atoms with Crippen LogP contribution in [0.25, 0.3) is 10.8 Å². The lowest BCUT2D eigenvalue weighted by Gasteiger charge is -2.33. The summed E-state index contributed by atoms with van der Waals surface area (Å²) in [6, 6.07) is 1.76. The zero-order valence-electron chi connectivity index (χ0n) is 11.9. The van der Waals surface area contributed by atoms with Gasteiger partial charge in [-0.25, -0.2) is 15.0 Å². The van der Waals surface area contributed by atoms with Crippen LogP contribution >= 0.6 is 11.3 Å². The molecule has 7 heteroatoms. The van der Waals surface area contributed by atoms with Crippen LogP contribution in [0.5, 0.6) is 0 Å².